The summed E-state index contributed by atoms with van der Waals surface area (Å²) in [7, 11) is 1.64. The van der Waals surface area contributed by atoms with Gasteiger partial charge in [0.15, 0.2) is 0 Å². The molecule has 0 aliphatic heterocycles. The zero-order valence-corrected chi connectivity index (χ0v) is 18.1. The van der Waals surface area contributed by atoms with E-state index in [1.54, 1.807) is 7.11 Å². The molecule has 0 radical (unpaired) electrons. The molecule has 0 bridgehead atoms. The lowest BCUT2D eigenvalue weighted by Gasteiger charge is -2.23. The van der Waals surface area contributed by atoms with E-state index in [2.05, 4.69) is 38.2 Å². The van der Waals surface area contributed by atoms with Crippen molar-refractivity contribution in [2.45, 2.75) is 70.9 Å². The molecule has 2 aromatic rings. The molecule has 1 aliphatic carbocycles. The molecule has 29 heavy (non-hydrogen) atoms. The lowest BCUT2D eigenvalue weighted by molar-refractivity contribution is 0.0927. The number of rotatable bonds is 6. The number of nitrogens with one attached hydrogen (secondary N) is 1. The Hall–Kier alpha value is -2.49. The first-order valence-electron chi connectivity index (χ1n) is 10.6. The first-order valence-corrected chi connectivity index (χ1v) is 10.6. The maximum absolute atomic E-state index is 12.7. The Balaban J connectivity index is 1.67. The second kappa shape index (κ2) is 9.34. The minimum Gasteiger partial charge on any atom is -0.496 e. The fraction of sp³-hybridized carbons (Fsp3) is 0.480. The van der Waals surface area contributed by atoms with Gasteiger partial charge in [0.2, 0.25) is 0 Å². The summed E-state index contributed by atoms with van der Waals surface area (Å²) >= 11 is 0. The average Bonchev–Trinajstić information content (AvgIpc) is 2.72. The van der Waals surface area contributed by atoms with Crippen molar-refractivity contribution in [3.8, 4) is 11.5 Å². The van der Waals surface area contributed by atoms with Gasteiger partial charge in [-0.25, -0.2) is 0 Å². The Morgan fingerprint density at radius 3 is 2.34 bits per heavy atom. The molecular formula is C25H33NO3. The van der Waals surface area contributed by atoms with Crippen molar-refractivity contribution >= 4 is 5.91 Å². The van der Waals surface area contributed by atoms with Crippen molar-refractivity contribution in [2.24, 2.45) is 0 Å². The minimum atomic E-state index is -0.0182. The van der Waals surface area contributed by atoms with Crippen LogP contribution in [0.5, 0.6) is 11.5 Å². The maximum Gasteiger partial charge on any atom is 0.251 e. The molecule has 0 heterocycles. The van der Waals surface area contributed by atoms with Crippen molar-refractivity contribution in [1.29, 1.82) is 0 Å². The van der Waals surface area contributed by atoms with E-state index in [9.17, 15) is 4.79 Å². The van der Waals surface area contributed by atoms with Gasteiger partial charge in [-0.1, -0.05) is 52.2 Å². The summed E-state index contributed by atoms with van der Waals surface area (Å²) in [5.74, 6) is 1.51. The molecule has 1 saturated carbocycles. The number of carbonyl (C=O) groups is 1. The normalized spacial score (nSPS) is 15.0. The van der Waals surface area contributed by atoms with Gasteiger partial charge in [-0.05, 0) is 54.2 Å². The van der Waals surface area contributed by atoms with E-state index < -0.39 is 0 Å². The molecule has 0 saturated heterocycles. The van der Waals surface area contributed by atoms with E-state index >= 15 is 0 Å². The summed E-state index contributed by atoms with van der Waals surface area (Å²) in [6.45, 7) is 6.93. The van der Waals surface area contributed by atoms with Gasteiger partial charge >= 0.3 is 0 Å². The van der Waals surface area contributed by atoms with Crippen LogP contribution in [0.3, 0.4) is 0 Å². The van der Waals surface area contributed by atoms with Gasteiger partial charge in [0.05, 0.1) is 7.11 Å². The number of carbonyl (C=O) groups excluding carboxylic acids is 1. The molecule has 1 N–H and O–H groups in total. The Kier molecular flexibility index (Phi) is 6.83. The summed E-state index contributed by atoms with van der Waals surface area (Å²) in [4.78, 5) is 12.7. The number of hydrogen-bond donors (Lipinski definition) is 1. The van der Waals surface area contributed by atoms with Gasteiger partial charge in [0.1, 0.15) is 18.1 Å². The number of amides is 1. The van der Waals surface area contributed by atoms with Crippen LogP contribution in [0.4, 0.5) is 0 Å². The predicted molar refractivity (Wildman–Crippen MR) is 117 cm³/mol. The number of methoxy groups -OCH3 is 1. The molecule has 1 amide bonds. The SMILES string of the molecule is COc1ccc(C(=O)NC2CCCCC2)cc1COc1ccc(C(C)(C)C)cc1. The molecule has 1 fully saturated rings. The summed E-state index contributed by atoms with van der Waals surface area (Å²) in [6, 6.07) is 14.0. The second-order valence-electron chi connectivity index (χ2n) is 8.90. The zero-order valence-electron chi connectivity index (χ0n) is 18.1. The fourth-order valence-electron chi connectivity index (χ4n) is 3.76. The van der Waals surface area contributed by atoms with E-state index in [1.165, 1.54) is 24.8 Å². The highest BCUT2D eigenvalue weighted by atomic mass is 16.5. The van der Waals surface area contributed by atoms with Crippen LogP contribution in [0.15, 0.2) is 42.5 Å². The van der Waals surface area contributed by atoms with Gasteiger partial charge in [0, 0.05) is 17.2 Å². The fourth-order valence-corrected chi connectivity index (χ4v) is 3.76. The van der Waals surface area contributed by atoms with Crippen LogP contribution in [-0.2, 0) is 12.0 Å². The third kappa shape index (κ3) is 5.75. The van der Waals surface area contributed by atoms with E-state index in [1.807, 2.05) is 30.3 Å². The lowest BCUT2D eigenvalue weighted by Crippen LogP contribution is -2.36. The lowest BCUT2D eigenvalue weighted by atomic mass is 9.87. The van der Waals surface area contributed by atoms with Crippen LogP contribution in [0, 0.1) is 0 Å². The Morgan fingerprint density at radius 2 is 1.72 bits per heavy atom. The zero-order chi connectivity index (χ0) is 20.9. The number of ether oxygens (including phenoxy) is 2. The van der Waals surface area contributed by atoms with Gasteiger partial charge < -0.3 is 14.8 Å². The highest BCUT2D eigenvalue weighted by molar-refractivity contribution is 5.94. The summed E-state index contributed by atoms with van der Waals surface area (Å²) in [5.41, 5.74) is 2.90. The van der Waals surface area contributed by atoms with Crippen molar-refractivity contribution in [1.82, 2.24) is 5.32 Å². The minimum absolute atomic E-state index is 0.0182. The molecule has 4 nitrogen and oxygen atoms in total. The van der Waals surface area contributed by atoms with Gasteiger partial charge in [-0.2, -0.15) is 0 Å². The van der Waals surface area contributed by atoms with E-state index in [4.69, 9.17) is 9.47 Å². The highest BCUT2D eigenvalue weighted by Crippen LogP contribution is 2.26. The molecular weight excluding hydrogens is 362 g/mol. The molecule has 1 aliphatic rings. The molecule has 0 aromatic heterocycles. The highest BCUT2D eigenvalue weighted by Gasteiger charge is 2.18. The summed E-state index contributed by atoms with van der Waals surface area (Å²) in [6.07, 6.45) is 5.80. The van der Waals surface area contributed by atoms with Crippen LogP contribution in [0.1, 0.15) is 74.4 Å². The maximum atomic E-state index is 12.7. The molecule has 0 atom stereocenters. The first kappa shape index (κ1) is 21.2. The quantitative estimate of drug-likeness (QED) is 0.689. The van der Waals surface area contributed by atoms with Crippen LogP contribution in [-0.4, -0.2) is 19.1 Å². The Morgan fingerprint density at radius 1 is 1.03 bits per heavy atom. The first-order chi connectivity index (χ1) is 13.9. The summed E-state index contributed by atoms with van der Waals surface area (Å²) in [5, 5.41) is 3.17. The van der Waals surface area contributed by atoms with Crippen LogP contribution in [0.2, 0.25) is 0 Å². The number of hydrogen-bond acceptors (Lipinski definition) is 3. The largest absolute Gasteiger partial charge is 0.496 e. The van der Waals surface area contributed by atoms with Crippen molar-refractivity contribution in [2.75, 3.05) is 7.11 Å². The predicted octanol–water partition coefficient (Wildman–Crippen LogP) is 5.63. The van der Waals surface area contributed by atoms with Gasteiger partial charge in [-0.3, -0.25) is 4.79 Å². The van der Waals surface area contributed by atoms with Gasteiger partial charge in [-0.15, -0.1) is 0 Å². The summed E-state index contributed by atoms with van der Waals surface area (Å²) < 4.78 is 11.4. The molecule has 0 unspecified atom stereocenters. The van der Waals surface area contributed by atoms with Crippen LogP contribution < -0.4 is 14.8 Å². The van der Waals surface area contributed by atoms with Crippen molar-refractivity contribution < 1.29 is 14.3 Å². The van der Waals surface area contributed by atoms with Crippen molar-refractivity contribution in [3.63, 3.8) is 0 Å². The molecule has 2 aromatic carbocycles. The third-order valence-electron chi connectivity index (χ3n) is 5.60. The topological polar surface area (TPSA) is 47.6 Å². The van der Waals surface area contributed by atoms with E-state index in [-0.39, 0.29) is 11.3 Å². The van der Waals surface area contributed by atoms with Crippen LogP contribution in [0.25, 0.3) is 0 Å². The van der Waals surface area contributed by atoms with Crippen molar-refractivity contribution in [3.05, 3.63) is 59.2 Å². The molecule has 156 valence electrons. The molecule has 0 spiro atoms. The average molecular weight is 396 g/mol. The number of benzene rings is 2. The van der Waals surface area contributed by atoms with E-state index in [0.717, 1.165) is 29.9 Å². The monoisotopic (exact) mass is 395 g/mol. The smallest absolute Gasteiger partial charge is 0.251 e. The molecule has 3 rings (SSSR count). The third-order valence-corrected chi connectivity index (χ3v) is 5.60. The standard InChI is InChI=1S/C25H33NO3/c1-25(2,3)20-11-13-22(14-12-20)29-17-19-16-18(10-15-23(19)28-4)24(27)26-21-8-6-5-7-9-21/h10-16,21H,5-9,17H2,1-4H3,(H,26,27). The molecule has 4 heteroatoms. The van der Waals surface area contributed by atoms with Gasteiger partial charge in [0.25, 0.3) is 5.91 Å². The second-order valence-corrected chi connectivity index (χ2v) is 8.90. The van der Waals surface area contributed by atoms with Crippen LogP contribution >= 0.6 is 0 Å². The Labute approximate surface area is 174 Å². The Bertz CT molecular complexity index is 815. The van der Waals surface area contributed by atoms with E-state index in [0.29, 0.717) is 18.2 Å².